The molecule has 0 saturated carbocycles. The minimum Gasteiger partial charge on any atom is -0.305 e. The van der Waals surface area contributed by atoms with Crippen molar-refractivity contribution in [3.8, 4) is 0 Å². The molecule has 5 heteroatoms. The number of Topliss-reactive ketones (excluding diaryl/α,β-unsaturated/α-hetero) is 1. The molecule has 1 unspecified atom stereocenters. The van der Waals surface area contributed by atoms with Crippen molar-refractivity contribution in [1.82, 2.24) is 0 Å². The van der Waals surface area contributed by atoms with Gasteiger partial charge in [-0.1, -0.05) is 22.9 Å². The van der Waals surface area contributed by atoms with Gasteiger partial charge in [-0.2, -0.15) is 0 Å². The Hall–Kier alpha value is -1.23. The average Bonchev–Trinajstić information content (AvgIpc) is 2.60. The number of alkyl halides is 1. The first kappa shape index (κ1) is 14.2. The Labute approximate surface area is 119 Å². The van der Waals surface area contributed by atoms with Gasteiger partial charge in [0.25, 0.3) is 11.7 Å². The van der Waals surface area contributed by atoms with Crippen molar-refractivity contribution in [2.45, 2.75) is 19.8 Å². The van der Waals surface area contributed by atoms with Gasteiger partial charge in [0.15, 0.2) is 0 Å². The van der Waals surface area contributed by atoms with Crippen molar-refractivity contribution in [3.63, 3.8) is 0 Å². The molecule has 19 heavy (non-hydrogen) atoms. The molecule has 0 radical (unpaired) electrons. The lowest BCUT2D eigenvalue weighted by atomic mass is 10.1. The Morgan fingerprint density at radius 3 is 2.74 bits per heavy atom. The summed E-state index contributed by atoms with van der Waals surface area (Å²) in [7, 11) is 0. The first-order valence-electron chi connectivity index (χ1n) is 6.26. The van der Waals surface area contributed by atoms with Crippen molar-refractivity contribution in [3.05, 3.63) is 29.6 Å². The van der Waals surface area contributed by atoms with Gasteiger partial charge in [-0.05, 0) is 37.0 Å². The van der Waals surface area contributed by atoms with Crippen LogP contribution in [0.2, 0.25) is 0 Å². The molecule has 1 aliphatic rings. The van der Waals surface area contributed by atoms with E-state index in [2.05, 4.69) is 22.9 Å². The van der Waals surface area contributed by atoms with Crippen molar-refractivity contribution < 1.29 is 14.0 Å². The van der Waals surface area contributed by atoms with Gasteiger partial charge in [0.05, 0.1) is 11.3 Å². The van der Waals surface area contributed by atoms with Gasteiger partial charge in [0.2, 0.25) is 0 Å². The lowest BCUT2D eigenvalue weighted by molar-refractivity contribution is -0.114. The first-order valence-corrected chi connectivity index (χ1v) is 7.38. The van der Waals surface area contributed by atoms with Gasteiger partial charge in [0.1, 0.15) is 5.82 Å². The molecule has 0 aliphatic carbocycles. The number of nitrogens with zero attached hydrogens (tertiary/aromatic N) is 1. The highest BCUT2D eigenvalue weighted by Crippen LogP contribution is 2.30. The van der Waals surface area contributed by atoms with Crippen LogP contribution in [0.15, 0.2) is 18.2 Å². The van der Waals surface area contributed by atoms with E-state index in [0.29, 0.717) is 23.7 Å². The van der Waals surface area contributed by atoms with Crippen molar-refractivity contribution in [2.75, 3.05) is 16.8 Å². The number of anilines is 1. The number of hydrogen-bond donors (Lipinski definition) is 0. The topological polar surface area (TPSA) is 37.4 Å². The van der Waals surface area contributed by atoms with Gasteiger partial charge in [-0.3, -0.25) is 9.59 Å². The lowest BCUT2D eigenvalue weighted by Gasteiger charge is -2.18. The molecule has 2 rings (SSSR count). The quantitative estimate of drug-likeness (QED) is 0.615. The minimum atomic E-state index is -0.549. The number of benzene rings is 1. The van der Waals surface area contributed by atoms with Crippen LogP contribution in [0.5, 0.6) is 0 Å². The fourth-order valence-corrected chi connectivity index (χ4v) is 2.95. The van der Waals surface area contributed by atoms with Gasteiger partial charge in [-0.15, -0.1) is 0 Å². The predicted octanol–water partition coefficient (Wildman–Crippen LogP) is 3.17. The number of hydrogen-bond acceptors (Lipinski definition) is 2. The summed E-state index contributed by atoms with van der Waals surface area (Å²) in [4.78, 5) is 25.1. The molecule has 0 bridgehead atoms. The second kappa shape index (κ2) is 5.82. The molecular weight excluding hydrogens is 313 g/mol. The van der Waals surface area contributed by atoms with E-state index >= 15 is 0 Å². The zero-order chi connectivity index (χ0) is 14.0. The molecule has 1 aromatic rings. The minimum absolute atomic E-state index is 0.305. The molecule has 0 aromatic heterocycles. The van der Waals surface area contributed by atoms with Gasteiger partial charge >= 0.3 is 0 Å². The number of carbonyl (C=O) groups excluding carboxylic acids is 2. The smallest absolute Gasteiger partial charge is 0.299 e. The molecular formula is C14H15BrFNO2. The Balaban J connectivity index is 2.16. The lowest BCUT2D eigenvalue weighted by Crippen LogP contribution is -2.31. The van der Waals surface area contributed by atoms with Crippen LogP contribution in [0, 0.1) is 11.7 Å². The standard InChI is InChI=1S/C14H15BrFNO2/c1-9(4-6-15)5-7-17-12-8-10(16)2-3-11(12)13(18)14(17)19/h2-3,8-9H,4-7H2,1H3. The second-order valence-electron chi connectivity index (χ2n) is 4.82. The third kappa shape index (κ3) is 2.86. The van der Waals surface area contributed by atoms with E-state index in [1.54, 1.807) is 0 Å². The number of carbonyl (C=O) groups is 2. The molecule has 1 atom stereocenters. The van der Waals surface area contributed by atoms with Crippen molar-refractivity contribution in [2.24, 2.45) is 5.92 Å². The third-order valence-electron chi connectivity index (χ3n) is 3.38. The summed E-state index contributed by atoms with van der Waals surface area (Å²) in [5, 5.41) is 0.909. The molecule has 1 aliphatic heterocycles. The SMILES string of the molecule is CC(CCBr)CCN1C(=O)C(=O)c2ccc(F)cc21. The molecule has 102 valence electrons. The number of fused-ring (bicyclic) bond motifs is 1. The Morgan fingerprint density at radius 1 is 1.32 bits per heavy atom. The molecule has 1 heterocycles. The Kier molecular flexibility index (Phi) is 4.34. The van der Waals surface area contributed by atoms with Crippen LogP contribution in [0.1, 0.15) is 30.1 Å². The summed E-state index contributed by atoms with van der Waals surface area (Å²) in [6.45, 7) is 2.55. The predicted molar refractivity (Wildman–Crippen MR) is 75.3 cm³/mol. The van der Waals surface area contributed by atoms with E-state index in [4.69, 9.17) is 0 Å². The van der Waals surface area contributed by atoms with Crippen LogP contribution < -0.4 is 4.90 Å². The van der Waals surface area contributed by atoms with E-state index < -0.39 is 17.5 Å². The highest BCUT2D eigenvalue weighted by atomic mass is 79.9. The maximum atomic E-state index is 13.3. The molecule has 1 amide bonds. The summed E-state index contributed by atoms with van der Waals surface area (Å²) in [5.41, 5.74) is 0.709. The zero-order valence-corrected chi connectivity index (χ0v) is 12.2. The molecule has 1 aromatic carbocycles. The van der Waals surface area contributed by atoms with Crippen molar-refractivity contribution >= 4 is 33.3 Å². The van der Waals surface area contributed by atoms with Crippen LogP contribution in [0.25, 0.3) is 0 Å². The first-order chi connectivity index (χ1) is 9.04. The maximum absolute atomic E-state index is 13.3. The molecule has 0 N–H and O–H groups in total. The molecule has 0 spiro atoms. The number of halogens is 2. The van der Waals surface area contributed by atoms with Crippen LogP contribution in [-0.2, 0) is 4.79 Å². The summed E-state index contributed by atoms with van der Waals surface area (Å²) in [6.07, 6.45) is 1.80. The monoisotopic (exact) mass is 327 g/mol. The summed E-state index contributed by atoms with van der Waals surface area (Å²) in [5.74, 6) is -1.07. The maximum Gasteiger partial charge on any atom is 0.299 e. The Bertz CT molecular complexity index is 518. The summed E-state index contributed by atoms with van der Waals surface area (Å²) >= 11 is 3.38. The fraction of sp³-hybridized carbons (Fsp3) is 0.429. The van der Waals surface area contributed by atoms with Crippen molar-refractivity contribution in [1.29, 1.82) is 0 Å². The normalized spacial score (nSPS) is 15.8. The number of rotatable bonds is 5. The Morgan fingerprint density at radius 2 is 2.05 bits per heavy atom. The summed E-state index contributed by atoms with van der Waals surface area (Å²) < 4.78 is 13.3. The average molecular weight is 328 g/mol. The fourth-order valence-electron chi connectivity index (χ4n) is 2.17. The zero-order valence-electron chi connectivity index (χ0n) is 10.7. The second-order valence-corrected chi connectivity index (χ2v) is 5.61. The molecule has 0 fully saturated rings. The highest BCUT2D eigenvalue weighted by Gasteiger charge is 2.35. The number of amides is 1. The van der Waals surface area contributed by atoms with Crippen LogP contribution in [0.3, 0.4) is 0 Å². The van der Waals surface area contributed by atoms with Gasteiger partial charge < -0.3 is 4.90 Å². The van der Waals surface area contributed by atoms with Gasteiger partial charge in [0, 0.05) is 11.9 Å². The third-order valence-corrected chi connectivity index (χ3v) is 3.84. The summed E-state index contributed by atoms with van der Waals surface area (Å²) in [6, 6.07) is 3.85. The van der Waals surface area contributed by atoms with Crippen LogP contribution >= 0.6 is 15.9 Å². The largest absolute Gasteiger partial charge is 0.305 e. The van der Waals surface area contributed by atoms with E-state index in [1.807, 2.05) is 0 Å². The molecule has 3 nitrogen and oxygen atoms in total. The van der Waals surface area contributed by atoms with Gasteiger partial charge in [-0.25, -0.2) is 4.39 Å². The van der Waals surface area contributed by atoms with E-state index in [1.165, 1.54) is 23.1 Å². The van der Waals surface area contributed by atoms with E-state index in [-0.39, 0.29) is 0 Å². The van der Waals surface area contributed by atoms with Crippen LogP contribution in [0.4, 0.5) is 10.1 Å². The highest BCUT2D eigenvalue weighted by molar-refractivity contribution is 9.09. The number of ketones is 1. The van der Waals surface area contributed by atoms with E-state index in [0.717, 1.165) is 18.2 Å². The van der Waals surface area contributed by atoms with Crippen LogP contribution in [-0.4, -0.2) is 23.6 Å². The molecule has 0 saturated heterocycles. The van der Waals surface area contributed by atoms with E-state index in [9.17, 15) is 14.0 Å².